The molecule has 1 aromatic carbocycles. The van der Waals surface area contributed by atoms with Crippen molar-refractivity contribution in [2.24, 2.45) is 5.92 Å². The number of ether oxygens (including phenoxy) is 1. The Morgan fingerprint density at radius 3 is 2.48 bits per heavy atom. The van der Waals surface area contributed by atoms with Gasteiger partial charge in [-0.2, -0.15) is 0 Å². The van der Waals surface area contributed by atoms with Crippen molar-refractivity contribution in [1.82, 2.24) is 4.90 Å². The van der Waals surface area contributed by atoms with Crippen LogP contribution in [0.15, 0.2) is 24.3 Å². The second kappa shape index (κ2) is 9.18. The molecule has 3 heterocycles. The van der Waals surface area contributed by atoms with Crippen molar-refractivity contribution in [2.75, 3.05) is 37.7 Å². The molecule has 0 aliphatic carbocycles. The van der Waals surface area contributed by atoms with E-state index in [0.29, 0.717) is 17.8 Å². The van der Waals surface area contributed by atoms with Gasteiger partial charge in [-0.3, -0.25) is 14.4 Å². The number of quaternary nitrogens is 1. The fourth-order valence-corrected chi connectivity index (χ4v) is 5.00. The number of amides is 3. The summed E-state index contributed by atoms with van der Waals surface area (Å²) in [4.78, 5) is 54.8. The molecule has 3 atom stereocenters. The number of hydrogen-bond acceptors (Lipinski definition) is 5. The summed E-state index contributed by atoms with van der Waals surface area (Å²) in [6, 6.07) is 5.90. The third-order valence-electron chi connectivity index (χ3n) is 6.60. The molecule has 1 unspecified atom stereocenters. The Bertz CT molecular complexity index is 862. The first kappa shape index (κ1) is 21.5. The van der Waals surface area contributed by atoms with E-state index in [-0.39, 0.29) is 36.7 Å². The highest BCUT2D eigenvalue weighted by Crippen LogP contribution is 2.24. The first-order chi connectivity index (χ1) is 15.0. The molecule has 1 N–H and O–H groups in total. The van der Waals surface area contributed by atoms with E-state index in [9.17, 15) is 19.2 Å². The van der Waals surface area contributed by atoms with Crippen LogP contribution in [0.2, 0.25) is 0 Å². The van der Waals surface area contributed by atoms with E-state index in [2.05, 4.69) is 0 Å². The van der Waals surface area contributed by atoms with Gasteiger partial charge in [0.25, 0.3) is 5.91 Å². The fourth-order valence-electron chi connectivity index (χ4n) is 5.00. The molecule has 166 valence electrons. The number of carbonyl (C=O) groups is 4. The maximum absolute atomic E-state index is 13.2. The molecule has 3 fully saturated rings. The molecule has 3 aliphatic heterocycles. The second-order valence-electron chi connectivity index (χ2n) is 8.58. The van der Waals surface area contributed by atoms with Gasteiger partial charge in [-0.05, 0) is 56.9 Å². The number of benzene rings is 1. The molecule has 8 nitrogen and oxygen atoms in total. The quantitative estimate of drug-likeness (QED) is 0.542. The first-order valence-corrected chi connectivity index (χ1v) is 11.3. The highest BCUT2D eigenvalue weighted by molar-refractivity contribution is 6.22. The molecular weight excluding hydrogens is 398 g/mol. The lowest BCUT2D eigenvalue weighted by Gasteiger charge is -2.33. The van der Waals surface area contributed by atoms with E-state index in [0.717, 1.165) is 50.2 Å². The zero-order valence-corrected chi connectivity index (χ0v) is 18.0. The first-order valence-electron chi connectivity index (χ1n) is 11.3. The topological polar surface area (TPSA) is 88.4 Å². The zero-order valence-electron chi connectivity index (χ0n) is 18.0. The van der Waals surface area contributed by atoms with Gasteiger partial charge < -0.3 is 14.5 Å². The van der Waals surface area contributed by atoms with Crippen molar-refractivity contribution in [3.63, 3.8) is 0 Å². The Hall–Kier alpha value is -2.74. The molecule has 0 spiro atoms. The van der Waals surface area contributed by atoms with Gasteiger partial charge in [0, 0.05) is 13.1 Å². The summed E-state index contributed by atoms with van der Waals surface area (Å²) in [6.07, 6.45) is 4.01. The predicted octanol–water partition coefficient (Wildman–Crippen LogP) is 0.413. The van der Waals surface area contributed by atoms with Crippen LogP contribution in [0.5, 0.6) is 0 Å². The van der Waals surface area contributed by atoms with Crippen LogP contribution in [0.1, 0.15) is 49.4 Å². The summed E-state index contributed by atoms with van der Waals surface area (Å²) in [7, 11) is 0. The standard InChI is InChI=1S/C23H29N3O5/c1-2-31-23(30)16-7-9-18(10-8-16)26-20(27)14-19(22(26)29)25-13-5-6-17(15-25)21(28)24-11-3-4-12-24/h7-10,17,19H,2-6,11-15H2,1H3/p+1/t17-,19-/m0/s1. The normalized spacial score (nSPS) is 26.4. The minimum absolute atomic E-state index is 0.0670. The van der Waals surface area contributed by atoms with E-state index in [1.54, 1.807) is 31.2 Å². The van der Waals surface area contributed by atoms with Crippen molar-refractivity contribution in [1.29, 1.82) is 0 Å². The summed E-state index contributed by atoms with van der Waals surface area (Å²) in [5.41, 5.74) is 0.845. The maximum Gasteiger partial charge on any atom is 0.338 e. The van der Waals surface area contributed by atoms with Crippen LogP contribution in [0.4, 0.5) is 5.69 Å². The van der Waals surface area contributed by atoms with E-state index in [1.165, 1.54) is 4.90 Å². The average molecular weight is 429 g/mol. The number of imide groups is 1. The lowest BCUT2D eigenvalue weighted by molar-refractivity contribution is -0.922. The highest BCUT2D eigenvalue weighted by atomic mass is 16.5. The monoisotopic (exact) mass is 428 g/mol. The summed E-state index contributed by atoms with van der Waals surface area (Å²) < 4.78 is 4.98. The molecule has 3 saturated heterocycles. The Morgan fingerprint density at radius 1 is 1.10 bits per heavy atom. The van der Waals surface area contributed by atoms with E-state index in [1.807, 2.05) is 4.90 Å². The Labute approximate surface area is 182 Å². The molecule has 3 amide bonds. The molecule has 0 bridgehead atoms. The van der Waals surface area contributed by atoms with E-state index >= 15 is 0 Å². The third kappa shape index (κ3) is 4.35. The van der Waals surface area contributed by atoms with Gasteiger partial charge in [0.1, 0.15) is 0 Å². The summed E-state index contributed by atoms with van der Waals surface area (Å²) in [5.74, 6) is -0.754. The second-order valence-corrected chi connectivity index (χ2v) is 8.58. The van der Waals surface area contributed by atoms with E-state index < -0.39 is 12.0 Å². The molecular formula is C23H30N3O5+. The van der Waals surface area contributed by atoms with Gasteiger partial charge in [-0.15, -0.1) is 0 Å². The highest BCUT2D eigenvalue weighted by Gasteiger charge is 2.47. The average Bonchev–Trinajstić information content (AvgIpc) is 3.42. The van der Waals surface area contributed by atoms with Gasteiger partial charge >= 0.3 is 5.97 Å². The number of likely N-dealkylation sites (tertiary alicyclic amines) is 2. The molecule has 1 aromatic rings. The van der Waals surface area contributed by atoms with Crippen LogP contribution in [-0.2, 0) is 19.1 Å². The molecule has 31 heavy (non-hydrogen) atoms. The predicted molar refractivity (Wildman–Crippen MR) is 113 cm³/mol. The minimum atomic E-state index is -0.452. The Kier molecular flexibility index (Phi) is 6.36. The summed E-state index contributed by atoms with van der Waals surface area (Å²) in [6.45, 7) is 5.09. The molecule has 0 saturated carbocycles. The van der Waals surface area contributed by atoms with Crippen molar-refractivity contribution in [3.05, 3.63) is 29.8 Å². The molecule has 0 radical (unpaired) electrons. The zero-order chi connectivity index (χ0) is 22.0. The minimum Gasteiger partial charge on any atom is -0.462 e. The van der Waals surface area contributed by atoms with Crippen molar-refractivity contribution in [2.45, 2.75) is 45.1 Å². The fraction of sp³-hybridized carbons (Fsp3) is 0.565. The molecule has 3 aliphatic rings. The number of carbonyl (C=O) groups excluding carboxylic acids is 4. The van der Waals surface area contributed by atoms with Crippen LogP contribution >= 0.6 is 0 Å². The third-order valence-corrected chi connectivity index (χ3v) is 6.60. The largest absolute Gasteiger partial charge is 0.462 e. The number of rotatable bonds is 5. The van der Waals surface area contributed by atoms with Gasteiger partial charge in [-0.25, -0.2) is 9.69 Å². The van der Waals surface area contributed by atoms with Gasteiger partial charge in [0.15, 0.2) is 6.04 Å². The van der Waals surface area contributed by atoms with Crippen LogP contribution in [0.3, 0.4) is 0 Å². The number of nitrogens with zero attached hydrogens (tertiary/aromatic N) is 2. The van der Waals surface area contributed by atoms with Gasteiger partial charge in [0.05, 0.1) is 43.3 Å². The number of piperidine rings is 1. The lowest BCUT2D eigenvalue weighted by atomic mass is 9.95. The van der Waals surface area contributed by atoms with Gasteiger partial charge in [-0.1, -0.05) is 0 Å². The van der Waals surface area contributed by atoms with Crippen LogP contribution < -0.4 is 9.80 Å². The summed E-state index contributed by atoms with van der Waals surface area (Å²) >= 11 is 0. The Morgan fingerprint density at radius 2 is 1.81 bits per heavy atom. The molecule has 0 aromatic heterocycles. The van der Waals surface area contributed by atoms with Crippen LogP contribution in [0, 0.1) is 5.92 Å². The molecule has 4 rings (SSSR count). The number of anilines is 1. The smallest absolute Gasteiger partial charge is 0.338 e. The van der Waals surface area contributed by atoms with E-state index in [4.69, 9.17) is 4.74 Å². The SMILES string of the molecule is CCOC(=O)c1ccc(N2C(=O)C[C@H]([NH+]3CCC[C@H](C(=O)N4CCCC4)C3)C2=O)cc1. The number of nitrogens with one attached hydrogen (secondary N) is 1. The van der Waals surface area contributed by atoms with Crippen molar-refractivity contribution >= 4 is 29.4 Å². The number of hydrogen-bond donors (Lipinski definition) is 1. The van der Waals surface area contributed by atoms with Crippen molar-refractivity contribution < 1.29 is 28.8 Å². The Balaban J connectivity index is 1.44. The van der Waals surface area contributed by atoms with Gasteiger partial charge in [0.2, 0.25) is 11.8 Å². The van der Waals surface area contributed by atoms with Crippen LogP contribution in [-0.4, -0.2) is 67.4 Å². The lowest BCUT2D eigenvalue weighted by Crippen LogP contribution is -3.18. The molecule has 8 heteroatoms. The number of esters is 1. The van der Waals surface area contributed by atoms with Crippen molar-refractivity contribution in [3.8, 4) is 0 Å². The summed E-state index contributed by atoms with van der Waals surface area (Å²) in [5, 5.41) is 0. The maximum atomic E-state index is 13.2. The van der Waals surface area contributed by atoms with Crippen LogP contribution in [0.25, 0.3) is 0 Å².